The Kier molecular flexibility index (Phi) is 8.05. The molecule has 0 radical (unpaired) electrons. The number of carbonyl (C=O) groups excluding carboxylic acids is 3. The van der Waals surface area contributed by atoms with E-state index in [9.17, 15) is 14.4 Å². The maximum atomic E-state index is 12.4. The molecule has 7 nitrogen and oxygen atoms in total. The maximum absolute atomic E-state index is 12.4. The van der Waals surface area contributed by atoms with Crippen LogP contribution in [-0.4, -0.2) is 47.7 Å². The molecule has 1 fully saturated rings. The molecule has 29 heavy (non-hydrogen) atoms. The van der Waals surface area contributed by atoms with Crippen LogP contribution in [0.4, 0.5) is 4.79 Å². The highest BCUT2D eigenvalue weighted by Gasteiger charge is 2.26. The Morgan fingerprint density at radius 1 is 1.14 bits per heavy atom. The Hall–Kier alpha value is -2.57. The number of carbonyl (C=O) groups is 3. The van der Waals surface area contributed by atoms with Crippen LogP contribution in [0.15, 0.2) is 24.3 Å². The van der Waals surface area contributed by atoms with Crippen molar-refractivity contribution in [2.75, 3.05) is 13.2 Å². The van der Waals surface area contributed by atoms with Crippen LogP contribution in [0.2, 0.25) is 0 Å². The summed E-state index contributed by atoms with van der Waals surface area (Å²) in [5.74, 6) is -0.668. The highest BCUT2D eigenvalue weighted by molar-refractivity contribution is 5.91. The largest absolute Gasteiger partial charge is 0.452 e. The van der Waals surface area contributed by atoms with Gasteiger partial charge in [0.2, 0.25) is 0 Å². The molecule has 0 saturated carbocycles. The fourth-order valence-corrected chi connectivity index (χ4v) is 3.29. The summed E-state index contributed by atoms with van der Waals surface area (Å²) in [6, 6.07) is 6.94. The van der Waals surface area contributed by atoms with Gasteiger partial charge in [-0.15, -0.1) is 0 Å². The van der Waals surface area contributed by atoms with Gasteiger partial charge >= 0.3 is 12.1 Å². The number of ether oxygens (including phenoxy) is 2. The van der Waals surface area contributed by atoms with Crippen LogP contribution in [-0.2, 0) is 20.8 Å². The van der Waals surface area contributed by atoms with E-state index in [-0.39, 0.29) is 25.1 Å². The fourth-order valence-electron chi connectivity index (χ4n) is 3.29. The summed E-state index contributed by atoms with van der Waals surface area (Å²) in [6.45, 7) is 8.24. The highest BCUT2D eigenvalue weighted by Crippen LogP contribution is 2.19. The van der Waals surface area contributed by atoms with E-state index in [2.05, 4.69) is 12.2 Å². The van der Waals surface area contributed by atoms with Crippen molar-refractivity contribution in [1.29, 1.82) is 0 Å². The lowest BCUT2D eigenvalue weighted by Gasteiger charge is -2.35. The molecule has 0 bridgehead atoms. The fraction of sp³-hybridized carbons (Fsp3) is 0.591. The number of alkyl carbamates (subject to hydrolysis) is 1. The Labute approximate surface area is 172 Å². The van der Waals surface area contributed by atoms with E-state index in [1.54, 1.807) is 45.0 Å². The Morgan fingerprint density at radius 2 is 1.83 bits per heavy atom. The van der Waals surface area contributed by atoms with Gasteiger partial charge in [0.05, 0.1) is 5.56 Å². The number of nitrogens with zero attached hydrogens (tertiary/aromatic N) is 1. The zero-order valence-electron chi connectivity index (χ0n) is 17.8. The van der Waals surface area contributed by atoms with Crippen LogP contribution in [0, 0.1) is 0 Å². The minimum Gasteiger partial charge on any atom is -0.452 e. The van der Waals surface area contributed by atoms with E-state index >= 15 is 0 Å². The van der Waals surface area contributed by atoms with Crippen molar-refractivity contribution in [3.63, 3.8) is 0 Å². The van der Waals surface area contributed by atoms with Gasteiger partial charge in [0.25, 0.3) is 5.91 Å². The molecule has 0 aromatic heterocycles. The number of amides is 2. The molecule has 0 spiro atoms. The molecule has 1 heterocycles. The summed E-state index contributed by atoms with van der Waals surface area (Å²) >= 11 is 0. The van der Waals surface area contributed by atoms with E-state index in [4.69, 9.17) is 9.47 Å². The molecule has 7 heteroatoms. The first-order chi connectivity index (χ1) is 13.7. The molecule has 1 aliphatic rings. The zero-order chi connectivity index (χ0) is 21.4. The first kappa shape index (κ1) is 22.7. The zero-order valence-corrected chi connectivity index (χ0v) is 17.8. The van der Waals surface area contributed by atoms with Crippen LogP contribution in [0.3, 0.4) is 0 Å². The predicted molar refractivity (Wildman–Crippen MR) is 109 cm³/mol. The van der Waals surface area contributed by atoms with Gasteiger partial charge in [0.15, 0.2) is 6.61 Å². The Balaban J connectivity index is 1.81. The molecule has 2 rings (SSSR count). The van der Waals surface area contributed by atoms with Crippen LogP contribution in [0.1, 0.15) is 69.3 Å². The predicted octanol–water partition coefficient (Wildman–Crippen LogP) is 3.66. The van der Waals surface area contributed by atoms with Crippen molar-refractivity contribution in [2.45, 2.75) is 71.6 Å². The van der Waals surface area contributed by atoms with Crippen LogP contribution >= 0.6 is 0 Å². The average Bonchev–Trinajstić information content (AvgIpc) is 2.69. The topological polar surface area (TPSA) is 84.9 Å². The number of benzene rings is 1. The minimum absolute atomic E-state index is 0.136. The quantitative estimate of drug-likeness (QED) is 0.732. The van der Waals surface area contributed by atoms with Crippen molar-refractivity contribution in [3.05, 3.63) is 35.4 Å². The first-order valence-corrected chi connectivity index (χ1v) is 10.2. The number of esters is 1. The first-order valence-electron chi connectivity index (χ1n) is 10.2. The van der Waals surface area contributed by atoms with E-state index in [1.807, 2.05) is 4.90 Å². The third-order valence-corrected chi connectivity index (χ3v) is 4.77. The number of piperidine rings is 1. The molecular formula is C22H32N2O5. The summed E-state index contributed by atoms with van der Waals surface area (Å²) in [5, 5.41) is 2.66. The molecule has 0 aliphatic carbocycles. The second kappa shape index (κ2) is 10.3. The Bertz CT molecular complexity index is 709. The molecular weight excluding hydrogens is 372 g/mol. The third-order valence-electron chi connectivity index (χ3n) is 4.77. The SMILES string of the molecule is CCC1CCCCN1C(=O)COC(=O)c1ccc(CNC(=O)OC(C)(C)C)cc1. The summed E-state index contributed by atoms with van der Waals surface area (Å²) in [4.78, 5) is 38.2. The van der Waals surface area contributed by atoms with Gasteiger partial charge in [-0.25, -0.2) is 9.59 Å². The van der Waals surface area contributed by atoms with Gasteiger partial charge in [0, 0.05) is 19.1 Å². The normalized spacial score (nSPS) is 16.8. The van der Waals surface area contributed by atoms with E-state index in [0.29, 0.717) is 5.56 Å². The van der Waals surface area contributed by atoms with Gasteiger partial charge in [-0.05, 0) is 64.2 Å². The van der Waals surface area contributed by atoms with Crippen molar-refractivity contribution < 1.29 is 23.9 Å². The smallest absolute Gasteiger partial charge is 0.407 e. The molecule has 2 amide bonds. The molecule has 1 aliphatic heterocycles. The lowest BCUT2D eigenvalue weighted by molar-refractivity contribution is -0.138. The Morgan fingerprint density at radius 3 is 2.45 bits per heavy atom. The minimum atomic E-state index is -0.555. The average molecular weight is 405 g/mol. The van der Waals surface area contributed by atoms with Crippen molar-refractivity contribution in [3.8, 4) is 0 Å². The standard InChI is InChI=1S/C22H32N2O5/c1-5-18-8-6-7-13-24(18)19(25)15-28-20(26)17-11-9-16(10-12-17)14-23-21(27)29-22(2,3)4/h9-12,18H,5-8,13-15H2,1-4H3,(H,23,27). The monoisotopic (exact) mass is 404 g/mol. The molecule has 1 atom stereocenters. The summed E-state index contributed by atoms with van der Waals surface area (Å²) < 4.78 is 10.4. The van der Waals surface area contributed by atoms with E-state index < -0.39 is 17.7 Å². The summed E-state index contributed by atoms with van der Waals surface area (Å²) in [7, 11) is 0. The van der Waals surface area contributed by atoms with Gasteiger partial charge < -0.3 is 19.7 Å². The van der Waals surface area contributed by atoms with Gasteiger partial charge in [-0.1, -0.05) is 19.1 Å². The van der Waals surface area contributed by atoms with Crippen molar-refractivity contribution in [2.24, 2.45) is 0 Å². The summed E-state index contributed by atoms with van der Waals surface area (Å²) in [6.07, 6.45) is 3.56. The number of likely N-dealkylation sites (tertiary alicyclic amines) is 1. The molecule has 1 aromatic rings. The van der Waals surface area contributed by atoms with E-state index in [1.165, 1.54) is 0 Å². The number of hydrogen-bond acceptors (Lipinski definition) is 5. The third kappa shape index (κ3) is 7.40. The molecule has 1 unspecified atom stereocenters. The summed E-state index contributed by atoms with van der Waals surface area (Å²) in [5.41, 5.74) is 0.632. The number of hydrogen-bond donors (Lipinski definition) is 1. The second-order valence-corrected chi connectivity index (χ2v) is 8.27. The van der Waals surface area contributed by atoms with Crippen LogP contribution in [0.25, 0.3) is 0 Å². The highest BCUT2D eigenvalue weighted by atomic mass is 16.6. The van der Waals surface area contributed by atoms with Gasteiger partial charge in [0.1, 0.15) is 5.60 Å². The van der Waals surface area contributed by atoms with Gasteiger partial charge in [-0.3, -0.25) is 4.79 Å². The van der Waals surface area contributed by atoms with Crippen LogP contribution < -0.4 is 5.32 Å². The molecule has 1 N–H and O–H groups in total. The van der Waals surface area contributed by atoms with E-state index in [0.717, 1.165) is 37.8 Å². The second-order valence-electron chi connectivity index (χ2n) is 8.27. The van der Waals surface area contributed by atoms with Crippen LogP contribution in [0.5, 0.6) is 0 Å². The van der Waals surface area contributed by atoms with Crippen molar-refractivity contribution >= 4 is 18.0 Å². The van der Waals surface area contributed by atoms with Gasteiger partial charge in [-0.2, -0.15) is 0 Å². The molecule has 1 aromatic carbocycles. The molecule has 1 saturated heterocycles. The lowest BCUT2D eigenvalue weighted by Crippen LogP contribution is -2.45. The maximum Gasteiger partial charge on any atom is 0.407 e. The molecule has 160 valence electrons. The van der Waals surface area contributed by atoms with Crippen molar-refractivity contribution in [1.82, 2.24) is 10.2 Å². The number of rotatable bonds is 6. The number of nitrogens with one attached hydrogen (secondary N) is 1. The lowest BCUT2D eigenvalue weighted by atomic mass is 10.00.